The lowest BCUT2D eigenvalue weighted by molar-refractivity contribution is 0.0942. The molecule has 1 aliphatic rings. The van der Waals surface area contributed by atoms with E-state index in [1.807, 2.05) is 12.1 Å². The minimum Gasteiger partial charge on any atom is -0.451 e. The van der Waals surface area contributed by atoms with Gasteiger partial charge in [-0.1, -0.05) is 23.7 Å². The van der Waals surface area contributed by atoms with Gasteiger partial charge in [0.25, 0.3) is 0 Å². The van der Waals surface area contributed by atoms with Gasteiger partial charge in [-0.3, -0.25) is 4.79 Å². The van der Waals surface area contributed by atoms with Crippen molar-refractivity contribution in [2.24, 2.45) is 5.92 Å². The average Bonchev–Trinajstić information content (AvgIpc) is 2.97. The van der Waals surface area contributed by atoms with E-state index in [0.717, 1.165) is 18.2 Å². The Balaban J connectivity index is 2.13. The zero-order valence-corrected chi connectivity index (χ0v) is 8.75. The van der Waals surface area contributed by atoms with Crippen molar-refractivity contribution >= 4 is 28.4 Å². The molecule has 76 valence electrons. The van der Waals surface area contributed by atoms with Gasteiger partial charge in [0, 0.05) is 11.3 Å². The molecule has 0 unspecified atom stereocenters. The minimum absolute atomic E-state index is 0.113. The van der Waals surface area contributed by atoms with Crippen molar-refractivity contribution in [3.05, 3.63) is 35.0 Å². The molecule has 0 atom stereocenters. The lowest BCUT2D eigenvalue weighted by atomic mass is 10.2. The second kappa shape index (κ2) is 3.11. The first-order chi connectivity index (χ1) is 7.25. The van der Waals surface area contributed by atoms with Crippen molar-refractivity contribution in [3.63, 3.8) is 0 Å². The first-order valence-electron chi connectivity index (χ1n) is 4.98. The van der Waals surface area contributed by atoms with Gasteiger partial charge in [0.15, 0.2) is 11.3 Å². The van der Waals surface area contributed by atoms with Gasteiger partial charge in [-0.05, 0) is 25.0 Å². The van der Waals surface area contributed by atoms with Crippen LogP contribution < -0.4 is 0 Å². The molecule has 3 heteroatoms. The van der Waals surface area contributed by atoms with Crippen molar-refractivity contribution in [2.75, 3.05) is 0 Å². The van der Waals surface area contributed by atoms with Gasteiger partial charge in [-0.15, -0.1) is 0 Å². The van der Waals surface area contributed by atoms with Gasteiger partial charge >= 0.3 is 0 Å². The molecule has 1 heterocycles. The summed E-state index contributed by atoms with van der Waals surface area (Å²) in [4.78, 5) is 11.8. The molecular formula is C12H9ClO2. The molecule has 0 N–H and O–H groups in total. The largest absolute Gasteiger partial charge is 0.451 e. The van der Waals surface area contributed by atoms with E-state index in [0.29, 0.717) is 16.4 Å². The second-order valence-electron chi connectivity index (χ2n) is 3.91. The van der Waals surface area contributed by atoms with Crippen molar-refractivity contribution in [3.8, 4) is 0 Å². The maximum atomic E-state index is 11.8. The molecule has 1 fully saturated rings. The Morgan fingerprint density at radius 2 is 2.20 bits per heavy atom. The fourth-order valence-corrected chi connectivity index (χ4v) is 1.92. The Morgan fingerprint density at radius 1 is 1.40 bits per heavy atom. The quantitative estimate of drug-likeness (QED) is 0.723. The summed E-state index contributed by atoms with van der Waals surface area (Å²) in [5.41, 5.74) is 0.614. The normalized spacial score (nSPS) is 15.8. The molecule has 0 spiro atoms. The highest BCUT2D eigenvalue weighted by atomic mass is 35.5. The predicted octanol–water partition coefficient (Wildman–Crippen LogP) is 3.68. The molecule has 15 heavy (non-hydrogen) atoms. The predicted molar refractivity (Wildman–Crippen MR) is 58.3 cm³/mol. The number of ketones is 1. The highest BCUT2D eigenvalue weighted by Crippen LogP contribution is 2.35. The number of para-hydroxylation sites is 1. The van der Waals surface area contributed by atoms with Crippen molar-refractivity contribution < 1.29 is 9.21 Å². The van der Waals surface area contributed by atoms with Crippen molar-refractivity contribution in [1.29, 1.82) is 0 Å². The Morgan fingerprint density at radius 3 is 2.87 bits per heavy atom. The number of carbonyl (C=O) groups is 1. The van der Waals surface area contributed by atoms with Crippen LogP contribution in [0.15, 0.2) is 28.7 Å². The van der Waals surface area contributed by atoms with Crippen LogP contribution in [0.25, 0.3) is 11.0 Å². The molecule has 2 aromatic rings. The van der Waals surface area contributed by atoms with E-state index in [-0.39, 0.29) is 11.7 Å². The standard InChI is InChI=1S/C12H9ClO2/c13-9-3-1-2-8-6-10(15-12(8)9)11(14)7-4-5-7/h1-3,6-7H,4-5H2. The summed E-state index contributed by atoms with van der Waals surface area (Å²) in [6.07, 6.45) is 1.98. The number of Topliss-reactive ketones (excluding diaryl/α,β-unsaturated/α-hetero) is 1. The third kappa shape index (κ3) is 1.45. The molecule has 2 nitrogen and oxygen atoms in total. The van der Waals surface area contributed by atoms with E-state index in [1.54, 1.807) is 12.1 Å². The van der Waals surface area contributed by atoms with E-state index in [1.165, 1.54) is 0 Å². The second-order valence-corrected chi connectivity index (χ2v) is 4.31. The van der Waals surface area contributed by atoms with Crippen LogP contribution in [0.5, 0.6) is 0 Å². The lowest BCUT2D eigenvalue weighted by Gasteiger charge is -1.91. The van der Waals surface area contributed by atoms with E-state index >= 15 is 0 Å². The number of furan rings is 1. The van der Waals surface area contributed by atoms with Gasteiger partial charge in [-0.2, -0.15) is 0 Å². The number of halogens is 1. The molecule has 1 aromatic carbocycles. The highest BCUT2D eigenvalue weighted by molar-refractivity contribution is 6.34. The topological polar surface area (TPSA) is 30.2 Å². The summed E-state index contributed by atoms with van der Waals surface area (Å²) in [5.74, 6) is 0.743. The third-order valence-electron chi connectivity index (χ3n) is 2.69. The van der Waals surface area contributed by atoms with Crippen molar-refractivity contribution in [2.45, 2.75) is 12.8 Å². The van der Waals surface area contributed by atoms with Crippen LogP contribution in [-0.4, -0.2) is 5.78 Å². The summed E-state index contributed by atoms with van der Waals surface area (Å²) in [7, 11) is 0. The molecule has 0 bridgehead atoms. The summed E-state index contributed by atoms with van der Waals surface area (Å²) < 4.78 is 5.48. The zero-order valence-electron chi connectivity index (χ0n) is 8.00. The van der Waals surface area contributed by atoms with Gasteiger partial charge in [-0.25, -0.2) is 0 Å². The van der Waals surface area contributed by atoms with Gasteiger partial charge in [0.05, 0.1) is 5.02 Å². The molecule has 3 rings (SSSR count). The van der Waals surface area contributed by atoms with Crippen LogP contribution in [0, 0.1) is 5.92 Å². The molecular weight excluding hydrogens is 212 g/mol. The maximum Gasteiger partial charge on any atom is 0.201 e. The molecule has 1 aromatic heterocycles. The van der Waals surface area contributed by atoms with E-state index < -0.39 is 0 Å². The van der Waals surface area contributed by atoms with Crippen LogP contribution in [0.1, 0.15) is 23.4 Å². The Bertz CT molecular complexity index is 538. The summed E-state index contributed by atoms with van der Waals surface area (Å²) in [5, 5.41) is 1.45. The lowest BCUT2D eigenvalue weighted by Crippen LogP contribution is -1.98. The fourth-order valence-electron chi connectivity index (χ4n) is 1.70. The summed E-state index contributed by atoms with van der Waals surface area (Å²) in [6, 6.07) is 7.29. The molecule has 0 radical (unpaired) electrons. The zero-order chi connectivity index (χ0) is 10.4. The van der Waals surface area contributed by atoms with E-state index in [4.69, 9.17) is 16.0 Å². The molecule has 1 aliphatic carbocycles. The average molecular weight is 221 g/mol. The Labute approximate surface area is 91.8 Å². The SMILES string of the molecule is O=C(c1cc2cccc(Cl)c2o1)C1CC1. The first kappa shape index (κ1) is 8.98. The van der Waals surface area contributed by atoms with Gasteiger partial charge in [0.2, 0.25) is 5.78 Å². The van der Waals surface area contributed by atoms with Gasteiger partial charge < -0.3 is 4.42 Å². The number of fused-ring (bicyclic) bond motifs is 1. The Kier molecular flexibility index (Phi) is 1.86. The van der Waals surface area contributed by atoms with Crippen LogP contribution >= 0.6 is 11.6 Å². The molecule has 0 saturated heterocycles. The molecule has 1 saturated carbocycles. The van der Waals surface area contributed by atoms with Crippen LogP contribution in [0.4, 0.5) is 0 Å². The number of hydrogen-bond donors (Lipinski definition) is 0. The number of hydrogen-bond acceptors (Lipinski definition) is 2. The maximum absolute atomic E-state index is 11.8. The van der Waals surface area contributed by atoms with E-state index in [9.17, 15) is 4.79 Å². The van der Waals surface area contributed by atoms with E-state index in [2.05, 4.69) is 0 Å². The van der Waals surface area contributed by atoms with Crippen LogP contribution in [0.2, 0.25) is 5.02 Å². The minimum atomic E-state index is 0.113. The first-order valence-corrected chi connectivity index (χ1v) is 5.36. The van der Waals surface area contributed by atoms with Crippen LogP contribution in [0.3, 0.4) is 0 Å². The Hall–Kier alpha value is -1.28. The molecule has 0 amide bonds. The number of rotatable bonds is 2. The smallest absolute Gasteiger partial charge is 0.201 e. The highest BCUT2D eigenvalue weighted by Gasteiger charge is 2.32. The fraction of sp³-hybridized carbons (Fsp3) is 0.250. The third-order valence-corrected chi connectivity index (χ3v) is 2.98. The number of benzene rings is 1. The summed E-state index contributed by atoms with van der Waals surface area (Å²) in [6.45, 7) is 0. The number of carbonyl (C=O) groups excluding carboxylic acids is 1. The van der Waals surface area contributed by atoms with Gasteiger partial charge in [0.1, 0.15) is 0 Å². The summed E-state index contributed by atoms with van der Waals surface area (Å²) >= 11 is 5.97. The van der Waals surface area contributed by atoms with Crippen LogP contribution in [-0.2, 0) is 0 Å². The molecule has 0 aliphatic heterocycles. The monoisotopic (exact) mass is 220 g/mol. The van der Waals surface area contributed by atoms with Crippen molar-refractivity contribution in [1.82, 2.24) is 0 Å².